The maximum absolute atomic E-state index is 11.0. The Labute approximate surface area is 83.3 Å². The zero-order chi connectivity index (χ0) is 10.6. The Hall–Kier alpha value is -1.45. The number of Topliss-reactive ketones (excluding diaryl/α,β-unsaturated/α-hetero) is 1. The first-order valence-corrected chi connectivity index (χ1v) is 4.56. The van der Waals surface area contributed by atoms with Gasteiger partial charge in [0.05, 0.1) is 6.61 Å². The molecule has 0 amide bonds. The van der Waals surface area contributed by atoms with Crippen molar-refractivity contribution in [3.63, 3.8) is 0 Å². The SMILES string of the molecule is CC(=O)c1ccnc(OCC(C)C)n1. The predicted octanol–water partition coefficient (Wildman–Crippen LogP) is 1.71. The van der Waals surface area contributed by atoms with Crippen LogP contribution >= 0.6 is 0 Å². The van der Waals surface area contributed by atoms with E-state index in [1.165, 1.54) is 13.1 Å². The van der Waals surface area contributed by atoms with Gasteiger partial charge in [-0.15, -0.1) is 0 Å². The molecule has 1 aromatic rings. The number of ketones is 1. The third-order valence-corrected chi connectivity index (χ3v) is 1.54. The molecule has 0 aromatic carbocycles. The van der Waals surface area contributed by atoms with Crippen LogP contribution in [0.5, 0.6) is 6.01 Å². The molecule has 14 heavy (non-hydrogen) atoms. The molecule has 76 valence electrons. The van der Waals surface area contributed by atoms with E-state index in [1.807, 2.05) is 13.8 Å². The number of carbonyl (C=O) groups excluding carboxylic acids is 1. The number of ether oxygens (including phenoxy) is 1. The van der Waals surface area contributed by atoms with Gasteiger partial charge in [0.15, 0.2) is 5.78 Å². The summed E-state index contributed by atoms with van der Waals surface area (Å²) in [7, 11) is 0. The van der Waals surface area contributed by atoms with Crippen LogP contribution in [0.4, 0.5) is 0 Å². The molecule has 0 atom stereocenters. The lowest BCUT2D eigenvalue weighted by Gasteiger charge is -2.06. The van der Waals surface area contributed by atoms with E-state index in [0.29, 0.717) is 18.2 Å². The summed E-state index contributed by atoms with van der Waals surface area (Å²) in [4.78, 5) is 18.9. The molecule has 0 bridgehead atoms. The predicted molar refractivity (Wildman–Crippen MR) is 52.4 cm³/mol. The largest absolute Gasteiger partial charge is 0.463 e. The van der Waals surface area contributed by atoms with Gasteiger partial charge in [0.2, 0.25) is 0 Å². The number of hydrogen-bond donors (Lipinski definition) is 0. The van der Waals surface area contributed by atoms with E-state index in [-0.39, 0.29) is 11.8 Å². The van der Waals surface area contributed by atoms with Crippen LogP contribution in [0.1, 0.15) is 31.3 Å². The van der Waals surface area contributed by atoms with E-state index in [1.54, 1.807) is 6.07 Å². The normalized spacial score (nSPS) is 10.3. The fourth-order valence-electron chi connectivity index (χ4n) is 0.848. The van der Waals surface area contributed by atoms with Gasteiger partial charge in [-0.2, -0.15) is 4.98 Å². The summed E-state index contributed by atoms with van der Waals surface area (Å²) in [6, 6.07) is 1.84. The molecular formula is C10H14N2O2. The minimum Gasteiger partial charge on any atom is -0.463 e. The van der Waals surface area contributed by atoms with Crippen molar-refractivity contribution in [2.75, 3.05) is 6.61 Å². The Bertz CT molecular complexity index is 324. The third kappa shape index (κ3) is 3.12. The van der Waals surface area contributed by atoms with Crippen LogP contribution in [-0.4, -0.2) is 22.4 Å². The summed E-state index contributed by atoms with van der Waals surface area (Å²) in [6.07, 6.45) is 1.53. The van der Waals surface area contributed by atoms with Crippen LogP contribution in [0.15, 0.2) is 12.3 Å². The highest BCUT2D eigenvalue weighted by atomic mass is 16.5. The second-order valence-electron chi connectivity index (χ2n) is 3.49. The van der Waals surface area contributed by atoms with E-state index in [9.17, 15) is 4.79 Å². The summed E-state index contributed by atoms with van der Waals surface area (Å²) < 4.78 is 5.28. The van der Waals surface area contributed by atoms with E-state index in [4.69, 9.17) is 4.74 Å². The summed E-state index contributed by atoms with van der Waals surface area (Å²) in [5.41, 5.74) is 0.388. The number of hydrogen-bond acceptors (Lipinski definition) is 4. The minimum atomic E-state index is -0.0817. The van der Waals surface area contributed by atoms with Gasteiger partial charge < -0.3 is 4.74 Å². The topological polar surface area (TPSA) is 52.1 Å². The molecule has 0 fully saturated rings. The molecule has 0 saturated carbocycles. The Morgan fingerprint density at radius 3 is 2.86 bits per heavy atom. The number of rotatable bonds is 4. The zero-order valence-electron chi connectivity index (χ0n) is 8.65. The van der Waals surface area contributed by atoms with E-state index < -0.39 is 0 Å². The van der Waals surface area contributed by atoms with Crippen LogP contribution in [-0.2, 0) is 0 Å². The molecule has 4 nitrogen and oxygen atoms in total. The molecule has 1 rings (SSSR count). The van der Waals surface area contributed by atoms with Crippen molar-refractivity contribution in [3.05, 3.63) is 18.0 Å². The summed E-state index contributed by atoms with van der Waals surface area (Å²) in [5, 5.41) is 0. The number of aromatic nitrogens is 2. The van der Waals surface area contributed by atoms with Crippen LogP contribution in [0.2, 0.25) is 0 Å². The molecule has 4 heteroatoms. The highest BCUT2D eigenvalue weighted by molar-refractivity contribution is 5.91. The van der Waals surface area contributed by atoms with E-state index in [0.717, 1.165) is 0 Å². The van der Waals surface area contributed by atoms with Gasteiger partial charge in [0.25, 0.3) is 0 Å². The molecule has 1 aromatic heterocycles. The van der Waals surface area contributed by atoms with Crippen molar-refractivity contribution in [1.82, 2.24) is 9.97 Å². The lowest BCUT2D eigenvalue weighted by atomic mass is 10.2. The van der Waals surface area contributed by atoms with Crippen molar-refractivity contribution in [2.24, 2.45) is 5.92 Å². The molecule has 0 radical (unpaired) electrons. The highest BCUT2D eigenvalue weighted by Crippen LogP contribution is 2.05. The van der Waals surface area contributed by atoms with Crippen LogP contribution in [0.3, 0.4) is 0 Å². The quantitative estimate of drug-likeness (QED) is 0.685. The molecule has 0 saturated heterocycles. The maximum atomic E-state index is 11.0. The molecule has 0 aliphatic rings. The average molecular weight is 194 g/mol. The Balaban J connectivity index is 2.69. The maximum Gasteiger partial charge on any atom is 0.317 e. The van der Waals surface area contributed by atoms with Gasteiger partial charge in [-0.3, -0.25) is 4.79 Å². The van der Waals surface area contributed by atoms with Crippen molar-refractivity contribution in [3.8, 4) is 6.01 Å². The third-order valence-electron chi connectivity index (χ3n) is 1.54. The molecule has 0 N–H and O–H groups in total. The van der Waals surface area contributed by atoms with E-state index >= 15 is 0 Å². The fraction of sp³-hybridized carbons (Fsp3) is 0.500. The van der Waals surface area contributed by atoms with E-state index in [2.05, 4.69) is 9.97 Å². The average Bonchev–Trinajstić information content (AvgIpc) is 2.15. The van der Waals surface area contributed by atoms with Gasteiger partial charge in [0.1, 0.15) is 5.69 Å². The standard InChI is InChI=1S/C10H14N2O2/c1-7(2)6-14-10-11-5-4-9(12-10)8(3)13/h4-5,7H,6H2,1-3H3. The van der Waals surface area contributed by atoms with Crippen molar-refractivity contribution >= 4 is 5.78 Å². The lowest BCUT2D eigenvalue weighted by Crippen LogP contribution is -2.08. The molecule has 0 spiro atoms. The van der Waals surface area contributed by atoms with Crippen molar-refractivity contribution in [2.45, 2.75) is 20.8 Å². The smallest absolute Gasteiger partial charge is 0.317 e. The first kappa shape index (κ1) is 10.6. The first-order chi connectivity index (χ1) is 6.59. The molecule has 0 unspecified atom stereocenters. The highest BCUT2D eigenvalue weighted by Gasteiger charge is 2.04. The van der Waals surface area contributed by atoms with Gasteiger partial charge in [0, 0.05) is 13.1 Å². The summed E-state index contributed by atoms with van der Waals surface area (Å²) in [6.45, 7) is 6.10. The van der Waals surface area contributed by atoms with Crippen LogP contribution < -0.4 is 4.74 Å². The molecule has 0 aliphatic heterocycles. The van der Waals surface area contributed by atoms with Crippen molar-refractivity contribution < 1.29 is 9.53 Å². The second-order valence-corrected chi connectivity index (χ2v) is 3.49. The van der Waals surface area contributed by atoms with Gasteiger partial charge in [-0.05, 0) is 12.0 Å². The van der Waals surface area contributed by atoms with Gasteiger partial charge in [-0.25, -0.2) is 4.98 Å². The second kappa shape index (κ2) is 4.69. The Morgan fingerprint density at radius 1 is 1.57 bits per heavy atom. The van der Waals surface area contributed by atoms with Gasteiger partial charge >= 0.3 is 6.01 Å². The Morgan fingerprint density at radius 2 is 2.29 bits per heavy atom. The summed E-state index contributed by atoms with van der Waals surface area (Å²) >= 11 is 0. The zero-order valence-corrected chi connectivity index (χ0v) is 8.65. The monoisotopic (exact) mass is 194 g/mol. The summed E-state index contributed by atoms with van der Waals surface area (Å²) in [5.74, 6) is 0.335. The molecule has 1 heterocycles. The lowest BCUT2D eigenvalue weighted by molar-refractivity contribution is 0.101. The fourth-order valence-corrected chi connectivity index (χ4v) is 0.848. The number of carbonyl (C=O) groups is 1. The van der Waals surface area contributed by atoms with Crippen LogP contribution in [0.25, 0.3) is 0 Å². The van der Waals surface area contributed by atoms with Gasteiger partial charge in [-0.1, -0.05) is 13.8 Å². The van der Waals surface area contributed by atoms with Crippen molar-refractivity contribution in [1.29, 1.82) is 0 Å². The number of nitrogens with zero attached hydrogens (tertiary/aromatic N) is 2. The molecular weight excluding hydrogens is 180 g/mol. The Kier molecular flexibility index (Phi) is 3.56. The van der Waals surface area contributed by atoms with Crippen LogP contribution in [0, 0.1) is 5.92 Å². The molecule has 0 aliphatic carbocycles. The minimum absolute atomic E-state index is 0.0817. The first-order valence-electron chi connectivity index (χ1n) is 4.56.